The second kappa shape index (κ2) is 40.2. The first kappa shape index (κ1) is 55.2. The van der Waals surface area contributed by atoms with E-state index in [0.29, 0.717) is 0 Å². The molecule has 7 heteroatoms. The number of hydrogen-bond donors (Lipinski definition) is 3. The van der Waals surface area contributed by atoms with Crippen LogP contribution in [0.1, 0.15) is 192 Å². The summed E-state index contributed by atoms with van der Waals surface area (Å²) < 4.78 is 18.9. The third-order valence-electron chi connectivity index (χ3n) is 12.4. The van der Waals surface area contributed by atoms with Crippen molar-refractivity contribution in [2.75, 3.05) is 59.1 Å². The second-order valence-electron chi connectivity index (χ2n) is 18.2. The zero-order valence-corrected chi connectivity index (χ0v) is 41.6. The number of para-hydroxylation sites is 3. The molecule has 362 valence electrons. The molecule has 0 unspecified atom stereocenters. The Bertz CT molecular complexity index is 1310. The molecule has 0 aliphatic carbocycles. The lowest BCUT2D eigenvalue weighted by atomic mass is 10.1. The molecular weight excluding hydrogens is 789 g/mol. The van der Waals surface area contributed by atoms with Crippen molar-refractivity contribution in [1.82, 2.24) is 20.9 Å². The first-order valence-electron chi connectivity index (χ1n) is 26.7. The first-order valence-corrected chi connectivity index (χ1v) is 26.7. The van der Waals surface area contributed by atoms with Gasteiger partial charge in [0.2, 0.25) is 0 Å². The number of ether oxygens (including phenoxy) is 3. The van der Waals surface area contributed by atoms with Crippen molar-refractivity contribution < 1.29 is 14.2 Å². The molecule has 3 aromatic rings. The number of hydrogen-bond acceptors (Lipinski definition) is 7. The van der Waals surface area contributed by atoms with Gasteiger partial charge in [0.15, 0.2) is 0 Å². The molecule has 0 fully saturated rings. The van der Waals surface area contributed by atoms with E-state index < -0.39 is 0 Å². The summed E-state index contributed by atoms with van der Waals surface area (Å²) in [4.78, 5) is 2.58. The van der Waals surface area contributed by atoms with Gasteiger partial charge in [-0.1, -0.05) is 210 Å². The molecule has 0 atom stereocenters. The Balaban J connectivity index is 1.44. The van der Waals surface area contributed by atoms with Crippen molar-refractivity contribution in [2.24, 2.45) is 0 Å². The maximum atomic E-state index is 6.30. The van der Waals surface area contributed by atoms with Crippen molar-refractivity contribution in [2.45, 2.75) is 195 Å². The molecular formula is C57H96N4O3. The summed E-state index contributed by atoms with van der Waals surface area (Å²) in [6.07, 6.45) is 31.5. The van der Waals surface area contributed by atoms with Crippen LogP contribution in [0.3, 0.4) is 0 Å². The predicted molar refractivity (Wildman–Crippen MR) is 275 cm³/mol. The maximum Gasteiger partial charge on any atom is 0.123 e. The fourth-order valence-electron chi connectivity index (χ4n) is 8.34. The Labute approximate surface area is 394 Å². The fraction of sp³-hybridized carbons (Fsp3) is 0.684. The Hall–Kier alpha value is -3.10. The summed E-state index contributed by atoms with van der Waals surface area (Å²) in [5.74, 6) is 3.06. The van der Waals surface area contributed by atoms with E-state index in [1.54, 1.807) is 0 Å². The second-order valence-corrected chi connectivity index (χ2v) is 18.2. The van der Waals surface area contributed by atoms with E-state index in [9.17, 15) is 0 Å². The topological polar surface area (TPSA) is 67.0 Å². The van der Waals surface area contributed by atoms with Crippen LogP contribution in [0.2, 0.25) is 0 Å². The van der Waals surface area contributed by atoms with Gasteiger partial charge in [-0.05, 0) is 37.5 Å². The smallest absolute Gasteiger partial charge is 0.123 e. The molecule has 3 rings (SSSR count). The van der Waals surface area contributed by atoms with Crippen molar-refractivity contribution in [3.63, 3.8) is 0 Å². The molecule has 7 nitrogen and oxygen atoms in total. The van der Waals surface area contributed by atoms with Gasteiger partial charge in [0.05, 0.1) is 19.8 Å². The van der Waals surface area contributed by atoms with E-state index in [1.165, 1.54) is 152 Å². The molecule has 0 bridgehead atoms. The molecule has 0 saturated carbocycles. The molecule has 0 aromatic heterocycles. The zero-order valence-electron chi connectivity index (χ0n) is 41.6. The zero-order chi connectivity index (χ0) is 45.2. The summed E-state index contributed by atoms with van der Waals surface area (Å²) in [7, 11) is 0. The van der Waals surface area contributed by atoms with E-state index >= 15 is 0 Å². The lowest BCUT2D eigenvalue weighted by molar-refractivity contribution is 0.268. The highest BCUT2D eigenvalue weighted by Crippen LogP contribution is 2.21. The number of benzene rings is 3. The van der Waals surface area contributed by atoms with E-state index in [1.807, 2.05) is 0 Å². The molecule has 0 heterocycles. The van der Waals surface area contributed by atoms with Crippen molar-refractivity contribution in [1.29, 1.82) is 0 Å². The Morgan fingerprint density at radius 3 is 0.859 bits per heavy atom. The van der Waals surface area contributed by atoms with Gasteiger partial charge in [-0.25, -0.2) is 0 Å². The van der Waals surface area contributed by atoms with E-state index in [-0.39, 0.29) is 0 Å². The average molecular weight is 885 g/mol. The molecule has 0 radical (unpaired) electrons. The van der Waals surface area contributed by atoms with Crippen LogP contribution in [0.25, 0.3) is 0 Å². The van der Waals surface area contributed by atoms with Crippen LogP contribution < -0.4 is 30.2 Å². The van der Waals surface area contributed by atoms with Gasteiger partial charge < -0.3 is 30.2 Å². The van der Waals surface area contributed by atoms with Crippen molar-refractivity contribution in [3.05, 3.63) is 89.5 Å². The minimum atomic E-state index is 0.797. The van der Waals surface area contributed by atoms with Crippen molar-refractivity contribution in [3.8, 4) is 17.2 Å². The van der Waals surface area contributed by atoms with Crippen LogP contribution >= 0.6 is 0 Å². The SMILES string of the molecule is CCCCCCCCCCOc1ccccc1CNCCN(CCNCc1ccccc1OCCCCCCCCCC)CCNCc1ccccc1OCCCCCCCCCC. The predicted octanol–water partition coefficient (Wildman–Crippen LogP) is 14.2. The monoisotopic (exact) mass is 885 g/mol. The standard InChI is InChI=1S/C57H96N4O3/c1-4-7-10-13-16-19-22-31-46-62-55-37-28-25-34-52(55)49-58-40-43-61(44-41-59-50-53-35-26-29-38-56(53)63-47-32-23-20-17-14-11-8-5-2)45-42-60-51-54-36-27-30-39-57(54)64-48-33-24-21-18-15-12-9-6-3/h25-30,34-39,58-60H,4-24,31-33,40-51H2,1-3H3. The quantitative estimate of drug-likeness (QED) is 0.0489. The summed E-state index contributed by atoms with van der Waals surface area (Å²) in [5, 5.41) is 11.2. The summed E-state index contributed by atoms with van der Waals surface area (Å²) in [5.41, 5.74) is 3.72. The Kier molecular flexibility index (Phi) is 34.7. The van der Waals surface area contributed by atoms with Crippen molar-refractivity contribution >= 4 is 0 Å². The molecule has 0 aliphatic heterocycles. The van der Waals surface area contributed by atoms with E-state index in [2.05, 4.69) is 114 Å². The minimum Gasteiger partial charge on any atom is -0.493 e. The van der Waals surface area contributed by atoms with Crippen LogP contribution in [-0.2, 0) is 19.6 Å². The fourth-order valence-corrected chi connectivity index (χ4v) is 8.34. The number of nitrogens with zero attached hydrogens (tertiary/aromatic N) is 1. The van der Waals surface area contributed by atoms with Crippen LogP contribution in [-0.4, -0.2) is 64.0 Å². The van der Waals surface area contributed by atoms with Crippen LogP contribution in [0.5, 0.6) is 17.2 Å². The molecule has 0 amide bonds. The van der Waals surface area contributed by atoms with Gasteiger partial charge in [0, 0.05) is 75.6 Å². The van der Waals surface area contributed by atoms with Crippen LogP contribution in [0.15, 0.2) is 72.8 Å². The Morgan fingerprint density at radius 2 is 0.578 bits per heavy atom. The third kappa shape index (κ3) is 28.1. The molecule has 0 saturated heterocycles. The summed E-state index contributed by atoms with van der Waals surface area (Å²) >= 11 is 0. The summed E-state index contributed by atoms with van der Waals surface area (Å²) in [6, 6.07) is 25.7. The lowest BCUT2D eigenvalue weighted by Gasteiger charge is -2.23. The van der Waals surface area contributed by atoms with Crippen LogP contribution in [0, 0.1) is 0 Å². The molecule has 3 aromatic carbocycles. The van der Waals surface area contributed by atoms with Crippen LogP contribution in [0.4, 0.5) is 0 Å². The molecule has 3 N–H and O–H groups in total. The average Bonchev–Trinajstić information content (AvgIpc) is 3.32. The number of unbranched alkanes of at least 4 members (excludes halogenated alkanes) is 21. The van der Waals surface area contributed by atoms with E-state index in [0.717, 1.165) is 115 Å². The van der Waals surface area contributed by atoms with Gasteiger partial charge in [0.1, 0.15) is 17.2 Å². The normalized spacial score (nSPS) is 11.4. The Morgan fingerprint density at radius 1 is 0.328 bits per heavy atom. The minimum absolute atomic E-state index is 0.797. The summed E-state index contributed by atoms with van der Waals surface area (Å²) in [6.45, 7) is 17.3. The van der Waals surface area contributed by atoms with Gasteiger partial charge in [-0.3, -0.25) is 4.90 Å². The molecule has 0 aliphatic rings. The van der Waals surface area contributed by atoms with E-state index in [4.69, 9.17) is 14.2 Å². The number of rotatable bonds is 45. The third-order valence-corrected chi connectivity index (χ3v) is 12.4. The first-order chi connectivity index (χ1) is 31.7. The molecule has 64 heavy (non-hydrogen) atoms. The van der Waals surface area contributed by atoms with Gasteiger partial charge in [0.25, 0.3) is 0 Å². The highest BCUT2D eigenvalue weighted by molar-refractivity contribution is 5.34. The van der Waals surface area contributed by atoms with Gasteiger partial charge >= 0.3 is 0 Å². The highest BCUT2D eigenvalue weighted by Gasteiger charge is 2.10. The maximum absolute atomic E-state index is 6.30. The highest BCUT2D eigenvalue weighted by atomic mass is 16.5. The molecule has 0 spiro atoms. The lowest BCUT2D eigenvalue weighted by Crippen LogP contribution is -2.40. The largest absolute Gasteiger partial charge is 0.493 e. The number of nitrogens with one attached hydrogen (secondary N) is 3. The van der Waals surface area contributed by atoms with Gasteiger partial charge in [-0.15, -0.1) is 0 Å². The van der Waals surface area contributed by atoms with Gasteiger partial charge in [-0.2, -0.15) is 0 Å².